The molecule has 2 aromatic carbocycles. The van der Waals surface area contributed by atoms with E-state index in [1.165, 1.54) is 30.3 Å². The number of non-ortho nitro benzene ring substituents is 1. The first-order chi connectivity index (χ1) is 12.0. The van der Waals surface area contributed by atoms with Gasteiger partial charge in [0.15, 0.2) is 5.78 Å². The first-order valence-corrected chi connectivity index (χ1v) is 7.37. The number of benzene rings is 2. The molecule has 0 aromatic heterocycles. The van der Waals surface area contributed by atoms with E-state index < -0.39 is 10.9 Å². The summed E-state index contributed by atoms with van der Waals surface area (Å²) < 4.78 is 5.32. The topological polar surface area (TPSA) is 107 Å². The Bertz CT molecular complexity index is 811. The van der Waals surface area contributed by atoms with E-state index in [2.05, 4.69) is 0 Å². The maximum Gasteiger partial charge on any atom is 0.306 e. The second-order valence-corrected chi connectivity index (χ2v) is 5.07. The van der Waals surface area contributed by atoms with Crippen molar-refractivity contribution >= 4 is 23.5 Å². The molecule has 25 heavy (non-hydrogen) atoms. The Morgan fingerprint density at radius 1 is 1.16 bits per heavy atom. The fourth-order valence-electron chi connectivity index (χ4n) is 1.98. The highest BCUT2D eigenvalue weighted by molar-refractivity contribution is 6.06. The molecule has 0 aliphatic rings. The summed E-state index contributed by atoms with van der Waals surface area (Å²) >= 11 is 0. The lowest BCUT2D eigenvalue weighted by Gasteiger charge is -2.05. The molecule has 0 amide bonds. The normalized spacial score (nSPS) is 10.6. The van der Waals surface area contributed by atoms with Gasteiger partial charge in [-0.3, -0.25) is 19.7 Å². The Labute approximate surface area is 143 Å². The number of carboxylic acids is 1. The van der Waals surface area contributed by atoms with Crippen LogP contribution in [0.3, 0.4) is 0 Å². The van der Waals surface area contributed by atoms with Gasteiger partial charge in [-0.1, -0.05) is 18.2 Å². The average Bonchev–Trinajstić information content (AvgIpc) is 2.60. The van der Waals surface area contributed by atoms with E-state index in [9.17, 15) is 19.7 Å². The zero-order valence-corrected chi connectivity index (χ0v) is 13.1. The second kappa shape index (κ2) is 8.39. The number of nitro benzene ring substituents is 1. The maximum atomic E-state index is 12.1. The summed E-state index contributed by atoms with van der Waals surface area (Å²) in [4.78, 5) is 32.6. The van der Waals surface area contributed by atoms with Crippen LogP contribution in [0.2, 0.25) is 0 Å². The predicted octanol–water partition coefficient (Wildman–Crippen LogP) is 3.34. The minimum Gasteiger partial charge on any atom is -0.493 e. The van der Waals surface area contributed by atoms with E-state index in [1.54, 1.807) is 30.3 Å². The van der Waals surface area contributed by atoms with Crippen molar-refractivity contribution in [3.8, 4) is 5.75 Å². The van der Waals surface area contributed by atoms with Crippen LogP contribution in [-0.4, -0.2) is 28.4 Å². The highest BCUT2D eigenvalue weighted by Crippen LogP contribution is 2.16. The molecule has 128 valence electrons. The van der Waals surface area contributed by atoms with Crippen LogP contribution in [0.1, 0.15) is 22.3 Å². The number of nitrogens with zero attached hydrogens (tertiary/aromatic N) is 1. The molecule has 0 fully saturated rings. The molecular weight excluding hydrogens is 326 g/mol. The molecule has 0 saturated heterocycles. The minimum absolute atomic E-state index is 0.0597. The second-order valence-electron chi connectivity index (χ2n) is 5.07. The first-order valence-electron chi connectivity index (χ1n) is 7.37. The number of allylic oxidation sites excluding steroid dienone is 1. The SMILES string of the molecule is O=C(O)CCOc1cccc(C=CC(=O)c2ccc([N+](=O)[O-])cc2)c1. The number of carboxylic acid groups (broad SMARTS) is 1. The Morgan fingerprint density at radius 2 is 1.88 bits per heavy atom. The standard InChI is InChI=1S/C18H15NO6/c20-17(14-5-7-15(8-6-14)19(23)24)9-4-13-2-1-3-16(12-13)25-11-10-18(21)22/h1-9,12H,10-11H2,(H,21,22). The van der Waals surface area contributed by atoms with Crippen molar-refractivity contribution in [3.05, 3.63) is 75.8 Å². The molecule has 0 aliphatic heterocycles. The zero-order valence-electron chi connectivity index (χ0n) is 13.1. The predicted molar refractivity (Wildman–Crippen MR) is 90.7 cm³/mol. The van der Waals surface area contributed by atoms with Crippen LogP contribution in [0.25, 0.3) is 6.08 Å². The first kappa shape index (κ1) is 17.9. The van der Waals surface area contributed by atoms with Crippen LogP contribution >= 0.6 is 0 Å². The third-order valence-corrected chi connectivity index (χ3v) is 3.23. The number of aliphatic carboxylic acids is 1. The fourth-order valence-corrected chi connectivity index (χ4v) is 1.98. The van der Waals surface area contributed by atoms with Crippen molar-refractivity contribution in [2.24, 2.45) is 0 Å². The van der Waals surface area contributed by atoms with Gasteiger partial charge in [0.05, 0.1) is 18.0 Å². The molecule has 0 spiro atoms. The molecule has 0 aliphatic carbocycles. The average molecular weight is 341 g/mol. The van der Waals surface area contributed by atoms with Gasteiger partial charge in [-0.2, -0.15) is 0 Å². The summed E-state index contributed by atoms with van der Waals surface area (Å²) in [6.45, 7) is 0.0597. The van der Waals surface area contributed by atoms with Crippen LogP contribution in [0, 0.1) is 10.1 Å². The number of carbonyl (C=O) groups excluding carboxylic acids is 1. The molecule has 0 heterocycles. The Hall–Kier alpha value is -3.48. The number of nitro groups is 1. The summed E-state index contributed by atoms with van der Waals surface area (Å²) in [5.41, 5.74) is 0.977. The highest BCUT2D eigenvalue weighted by atomic mass is 16.6. The lowest BCUT2D eigenvalue weighted by Crippen LogP contribution is -2.04. The molecule has 2 aromatic rings. The minimum atomic E-state index is -0.940. The number of hydrogen-bond donors (Lipinski definition) is 1. The van der Waals surface area contributed by atoms with E-state index in [0.29, 0.717) is 16.9 Å². The van der Waals surface area contributed by atoms with Gasteiger partial charge in [-0.05, 0) is 35.9 Å². The molecule has 0 saturated carbocycles. The van der Waals surface area contributed by atoms with Crippen LogP contribution in [-0.2, 0) is 4.79 Å². The highest BCUT2D eigenvalue weighted by Gasteiger charge is 2.07. The van der Waals surface area contributed by atoms with Crippen molar-refractivity contribution in [2.75, 3.05) is 6.61 Å². The molecule has 7 heteroatoms. The summed E-state index contributed by atoms with van der Waals surface area (Å²) in [6.07, 6.45) is 2.85. The molecule has 0 radical (unpaired) electrons. The number of ether oxygens (including phenoxy) is 1. The maximum absolute atomic E-state index is 12.1. The largest absolute Gasteiger partial charge is 0.493 e. The summed E-state index contributed by atoms with van der Waals surface area (Å²) in [6, 6.07) is 12.2. The van der Waals surface area contributed by atoms with Gasteiger partial charge in [-0.15, -0.1) is 0 Å². The lowest BCUT2D eigenvalue weighted by atomic mass is 10.1. The van der Waals surface area contributed by atoms with E-state index >= 15 is 0 Å². The van der Waals surface area contributed by atoms with Gasteiger partial charge in [0.2, 0.25) is 0 Å². The van der Waals surface area contributed by atoms with Gasteiger partial charge in [0.25, 0.3) is 5.69 Å². The van der Waals surface area contributed by atoms with E-state index in [0.717, 1.165) is 0 Å². The van der Waals surface area contributed by atoms with Crippen molar-refractivity contribution in [3.63, 3.8) is 0 Å². The van der Waals surface area contributed by atoms with Crippen LogP contribution in [0.15, 0.2) is 54.6 Å². The van der Waals surface area contributed by atoms with Crippen LogP contribution in [0.4, 0.5) is 5.69 Å². The summed E-state index contributed by atoms with van der Waals surface area (Å²) in [5, 5.41) is 19.2. The third-order valence-electron chi connectivity index (χ3n) is 3.23. The smallest absolute Gasteiger partial charge is 0.306 e. The van der Waals surface area contributed by atoms with Crippen LogP contribution in [0.5, 0.6) is 5.75 Å². The molecule has 1 N–H and O–H groups in total. The van der Waals surface area contributed by atoms with Gasteiger partial charge in [0.1, 0.15) is 5.75 Å². The number of carbonyl (C=O) groups is 2. The van der Waals surface area contributed by atoms with Gasteiger partial charge in [-0.25, -0.2) is 0 Å². The van der Waals surface area contributed by atoms with Gasteiger partial charge >= 0.3 is 5.97 Å². The lowest BCUT2D eigenvalue weighted by molar-refractivity contribution is -0.384. The van der Waals surface area contributed by atoms with Crippen molar-refractivity contribution in [1.82, 2.24) is 0 Å². The third kappa shape index (κ3) is 5.58. The van der Waals surface area contributed by atoms with Crippen molar-refractivity contribution < 1.29 is 24.4 Å². The monoisotopic (exact) mass is 341 g/mol. The fraction of sp³-hybridized carbons (Fsp3) is 0.111. The molecular formula is C18H15NO6. The van der Waals surface area contributed by atoms with Crippen LogP contribution < -0.4 is 4.74 Å². The van der Waals surface area contributed by atoms with E-state index in [1.807, 2.05) is 0 Å². The van der Waals surface area contributed by atoms with Crippen molar-refractivity contribution in [2.45, 2.75) is 6.42 Å². The molecule has 7 nitrogen and oxygen atoms in total. The van der Waals surface area contributed by atoms with Crippen molar-refractivity contribution in [1.29, 1.82) is 0 Å². The number of rotatable bonds is 8. The quantitative estimate of drug-likeness (QED) is 0.341. The Kier molecular flexibility index (Phi) is 6.00. The Morgan fingerprint density at radius 3 is 2.52 bits per heavy atom. The van der Waals surface area contributed by atoms with Gasteiger partial charge < -0.3 is 9.84 Å². The number of ketones is 1. The summed E-state index contributed by atoms with van der Waals surface area (Å²) in [5.74, 6) is -0.719. The number of hydrogen-bond acceptors (Lipinski definition) is 5. The summed E-state index contributed by atoms with van der Waals surface area (Å²) in [7, 11) is 0. The molecule has 0 atom stereocenters. The zero-order chi connectivity index (χ0) is 18.2. The Balaban J connectivity index is 2.01. The molecule has 2 rings (SSSR count). The van der Waals surface area contributed by atoms with E-state index in [-0.39, 0.29) is 24.5 Å². The van der Waals surface area contributed by atoms with Gasteiger partial charge in [0, 0.05) is 17.7 Å². The van der Waals surface area contributed by atoms with E-state index in [4.69, 9.17) is 9.84 Å². The molecule has 0 bridgehead atoms. The molecule has 0 unspecified atom stereocenters.